The minimum absolute atomic E-state index is 0.0865. The topological polar surface area (TPSA) is 58.6 Å². The summed E-state index contributed by atoms with van der Waals surface area (Å²) in [5.74, 6) is 0.0844. The second-order valence-corrected chi connectivity index (χ2v) is 6.07. The zero-order valence-electron chi connectivity index (χ0n) is 12.8. The highest BCUT2D eigenvalue weighted by atomic mass is 16.5. The molecular formula is C16H27NO3. The Labute approximate surface area is 121 Å². The number of carbonyl (C=O) groups excluding carboxylic acids is 1. The number of methoxy groups -OCH3 is 1. The van der Waals surface area contributed by atoms with Crippen molar-refractivity contribution < 1.29 is 14.7 Å². The largest absolute Gasteiger partial charge is 0.380 e. The molecule has 0 bridgehead atoms. The molecule has 1 fully saturated rings. The maximum Gasteiger partial charge on any atom is 0.267 e. The van der Waals surface area contributed by atoms with Gasteiger partial charge in [0.05, 0.1) is 6.10 Å². The Kier molecular flexibility index (Phi) is 6.96. The highest BCUT2D eigenvalue weighted by Gasteiger charge is 2.34. The Hall–Kier alpha value is -1.13. The third-order valence-corrected chi connectivity index (χ3v) is 4.06. The standard InChI is InChI=1S/C16H27NO3/c1-16(2,12-8-7-11-14(18)17-19)15(20-3)13-9-5-4-6-10-13/h7-8,11-13,15,19H,4-6,9-10H2,1-3H3,(H,17,18)/b11-7+,12-8+. The minimum Gasteiger partial charge on any atom is -0.380 e. The fourth-order valence-corrected chi connectivity index (χ4v) is 3.12. The molecule has 1 saturated carbocycles. The summed E-state index contributed by atoms with van der Waals surface area (Å²) in [6.07, 6.45) is 13.4. The Morgan fingerprint density at radius 2 is 1.95 bits per heavy atom. The van der Waals surface area contributed by atoms with Gasteiger partial charge in [-0.25, -0.2) is 5.48 Å². The van der Waals surface area contributed by atoms with Crippen LogP contribution in [0.2, 0.25) is 0 Å². The van der Waals surface area contributed by atoms with Crippen LogP contribution in [0, 0.1) is 11.3 Å². The summed E-state index contributed by atoms with van der Waals surface area (Å²) in [6, 6.07) is 0. The van der Waals surface area contributed by atoms with Gasteiger partial charge in [-0.2, -0.15) is 0 Å². The molecule has 0 saturated heterocycles. The van der Waals surface area contributed by atoms with E-state index in [2.05, 4.69) is 19.9 Å². The molecule has 2 N–H and O–H groups in total. The maximum absolute atomic E-state index is 10.9. The first-order valence-electron chi connectivity index (χ1n) is 7.34. The molecule has 20 heavy (non-hydrogen) atoms. The molecule has 0 radical (unpaired) electrons. The molecule has 1 aliphatic rings. The van der Waals surface area contributed by atoms with Crippen LogP contribution in [0.5, 0.6) is 0 Å². The minimum atomic E-state index is -0.525. The molecular weight excluding hydrogens is 254 g/mol. The number of carbonyl (C=O) groups is 1. The number of hydroxylamine groups is 1. The average Bonchev–Trinajstić information content (AvgIpc) is 2.45. The van der Waals surface area contributed by atoms with E-state index in [0.29, 0.717) is 5.92 Å². The Balaban J connectivity index is 2.65. The zero-order chi connectivity index (χ0) is 15.0. The van der Waals surface area contributed by atoms with Gasteiger partial charge in [-0.15, -0.1) is 0 Å². The first-order chi connectivity index (χ1) is 9.51. The van der Waals surface area contributed by atoms with Gasteiger partial charge >= 0.3 is 0 Å². The van der Waals surface area contributed by atoms with Crippen molar-refractivity contribution in [3.8, 4) is 0 Å². The summed E-state index contributed by atoms with van der Waals surface area (Å²) in [4.78, 5) is 10.9. The molecule has 0 aromatic rings. The van der Waals surface area contributed by atoms with Crippen molar-refractivity contribution in [1.82, 2.24) is 5.48 Å². The number of nitrogens with one attached hydrogen (secondary N) is 1. The van der Waals surface area contributed by atoms with E-state index < -0.39 is 5.91 Å². The van der Waals surface area contributed by atoms with Crippen LogP contribution >= 0.6 is 0 Å². The molecule has 0 spiro atoms. The fraction of sp³-hybridized carbons (Fsp3) is 0.688. The molecule has 114 valence electrons. The van der Waals surface area contributed by atoms with E-state index in [1.807, 2.05) is 6.08 Å². The molecule has 4 heteroatoms. The zero-order valence-corrected chi connectivity index (χ0v) is 12.8. The summed E-state index contributed by atoms with van der Waals surface area (Å²) in [7, 11) is 1.78. The second-order valence-electron chi connectivity index (χ2n) is 6.07. The monoisotopic (exact) mass is 281 g/mol. The summed E-state index contributed by atoms with van der Waals surface area (Å²) >= 11 is 0. The van der Waals surface area contributed by atoms with Crippen LogP contribution in [0.3, 0.4) is 0 Å². The van der Waals surface area contributed by atoms with Crippen molar-refractivity contribution in [2.24, 2.45) is 11.3 Å². The van der Waals surface area contributed by atoms with Gasteiger partial charge in [-0.1, -0.05) is 51.3 Å². The molecule has 4 nitrogen and oxygen atoms in total. The van der Waals surface area contributed by atoms with E-state index >= 15 is 0 Å². The van der Waals surface area contributed by atoms with Crippen molar-refractivity contribution in [2.45, 2.75) is 52.1 Å². The summed E-state index contributed by atoms with van der Waals surface area (Å²) in [5.41, 5.74) is 1.48. The van der Waals surface area contributed by atoms with Crippen molar-refractivity contribution in [2.75, 3.05) is 7.11 Å². The van der Waals surface area contributed by atoms with Crippen LogP contribution in [0.25, 0.3) is 0 Å². The molecule has 1 unspecified atom stereocenters. The number of hydrogen-bond acceptors (Lipinski definition) is 3. The van der Waals surface area contributed by atoms with Crippen LogP contribution in [-0.2, 0) is 9.53 Å². The first kappa shape index (κ1) is 16.9. The molecule has 0 aliphatic heterocycles. The van der Waals surface area contributed by atoms with Crippen molar-refractivity contribution >= 4 is 5.91 Å². The van der Waals surface area contributed by atoms with E-state index in [-0.39, 0.29) is 11.5 Å². The van der Waals surface area contributed by atoms with Gasteiger partial charge < -0.3 is 4.74 Å². The van der Waals surface area contributed by atoms with Gasteiger partial charge in [0.1, 0.15) is 0 Å². The Morgan fingerprint density at radius 3 is 2.50 bits per heavy atom. The number of allylic oxidation sites excluding steroid dienone is 2. The highest BCUT2D eigenvalue weighted by molar-refractivity contribution is 5.86. The lowest BCUT2D eigenvalue weighted by atomic mass is 9.73. The average molecular weight is 281 g/mol. The number of ether oxygens (including phenoxy) is 1. The summed E-state index contributed by atoms with van der Waals surface area (Å²) in [6.45, 7) is 4.32. The molecule has 0 aromatic heterocycles. The van der Waals surface area contributed by atoms with E-state index in [1.54, 1.807) is 18.7 Å². The van der Waals surface area contributed by atoms with Crippen LogP contribution in [0.1, 0.15) is 46.0 Å². The predicted octanol–water partition coefficient (Wildman–Crippen LogP) is 3.23. The molecule has 0 heterocycles. The first-order valence-corrected chi connectivity index (χ1v) is 7.34. The highest BCUT2D eigenvalue weighted by Crippen LogP contribution is 2.37. The smallest absolute Gasteiger partial charge is 0.267 e. The van der Waals surface area contributed by atoms with Gasteiger partial charge in [-0.3, -0.25) is 10.0 Å². The third kappa shape index (κ3) is 5.10. The predicted molar refractivity (Wildman–Crippen MR) is 79.4 cm³/mol. The van der Waals surface area contributed by atoms with Gasteiger partial charge in [0.25, 0.3) is 5.91 Å². The molecule has 0 aromatic carbocycles. The molecule has 1 amide bonds. The van der Waals surface area contributed by atoms with Crippen LogP contribution < -0.4 is 5.48 Å². The molecule has 1 rings (SSSR count). The lowest BCUT2D eigenvalue weighted by Crippen LogP contribution is -2.37. The van der Waals surface area contributed by atoms with E-state index in [4.69, 9.17) is 9.94 Å². The van der Waals surface area contributed by atoms with Crippen molar-refractivity contribution in [3.05, 3.63) is 24.3 Å². The fourth-order valence-electron chi connectivity index (χ4n) is 3.12. The number of amides is 1. The van der Waals surface area contributed by atoms with Gasteiger partial charge in [0.15, 0.2) is 0 Å². The van der Waals surface area contributed by atoms with Gasteiger partial charge in [-0.05, 0) is 18.8 Å². The quantitative estimate of drug-likeness (QED) is 0.340. The van der Waals surface area contributed by atoms with Crippen molar-refractivity contribution in [3.63, 3.8) is 0 Å². The van der Waals surface area contributed by atoms with Gasteiger partial charge in [0, 0.05) is 18.6 Å². The van der Waals surface area contributed by atoms with Crippen LogP contribution in [0.15, 0.2) is 24.3 Å². The lowest BCUT2D eigenvalue weighted by Gasteiger charge is -2.38. The SMILES string of the molecule is COC(C1CCCCC1)C(C)(C)/C=C/C=C/C(=O)NO. The van der Waals surface area contributed by atoms with Crippen LogP contribution in [0.4, 0.5) is 0 Å². The Bertz CT molecular complexity index is 355. The Morgan fingerprint density at radius 1 is 1.30 bits per heavy atom. The normalized spacial score (nSPS) is 19.6. The number of hydrogen-bond donors (Lipinski definition) is 2. The molecule has 1 aliphatic carbocycles. The van der Waals surface area contributed by atoms with E-state index in [9.17, 15) is 4.79 Å². The maximum atomic E-state index is 10.9. The van der Waals surface area contributed by atoms with E-state index in [1.165, 1.54) is 38.2 Å². The van der Waals surface area contributed by atoms with E-state index in [0.717, 1.165) is 0 Å². The third-order valence-electron chi connectivity index (χ3n) is 4.06. The van der Waals surface area contributed by atoms with Crippen LogP contribution in [-0.4, -0.2) is 24.3 Å². The second kappa shape index (κ2) is 8.22. The van der Waals surface area contributed by atoms with Gasteiger partial charge in [0.2, 0.25) is 0 Å². The summed E-state index contributed by atoms with van der Waals surface area (Å²) in [5, 5.41) is 8.40. The lowest BCUT2D eigenvalue weighted by molar-refractivity contribution is -0.124. The molecule has 1 atom stereocenters. The summed E-state index contributed by atoms with van der Waals surface area (Å²) < 4.78 is 5.76. The van der Waals surface area contributed by atoms with Crippen molar-refractivity contribution in [1.29, 1.82) is 0 Å². The number of rotatable bonds is 6.